The molecule has 1 fully saturated rings. The molecule has 7 heteroatoms. The second kappa shape index (κ2) is 6.58. The molecule has 2 amide bonds. The van der Waals surface area contributed by atoms with E-state index in [0.29, 0.717) is 13.0 Å². The normalized spacial score (nSPS) is 21.0. The van der Waals surface area contributed by atoms with Gasteiger partial charge < -0.3 is 19.5 Å². The van der Waals surface area contributed by atoms with Crippen LogP contribution < -0.4 is 4.74 Å². The van der Waals surface area contributed by atoms with E-state index in [-0.39, 0.29) is 30.7 Å². The molecule has 6 nitrogen and oxygen atoms in total. The molecule has 1 aromatic heterocycles. The predicted molar refractivity (Wildman–Crippen MR) is 109 cm³/mol. The van der Waals surface area contributed by atoms with Crippen LogP contribution in [0.3, 0.4) is 0 Å². The fourth-order valence-corrected chi connectivity index (χ4v) is 4.77. The minimum Gasteiger partial charge on any atom is -0.497 e. The number of H-pyrrole nitrogens is 1. The van der Waals surface area contributed by atoms with Crippen LogP contribution in [0, 0.1) is 5.82 Å². The summed E-state index contributed by atoms with van der Waals surface area (Å²) < 4.78 is 18.6. The van der Waals surface area contributed by atoms with E-state index in [4.69, 9.17) is 4.74 Å². The number of benzene rings is 2. The number of methoxy groups -OCH3 is 1. The Morgan fingerprint density at radius 1 is 1.17 bits per heavy atom. The number of nitrogens with one attached hydrogen (secondary N) is 1. The van der Waals surface area contributed by atoms with Crippen molar-refractivity contribution in [2.45, 2.75) is 25.4 Å². The largest absolute Gasteiger partial charge is 0.497 e. The van der Waals surface area contributed by atoms with Gasteiger partial charge in [-0.2, -0.15) is 0 Å². The van der Waals surface area contributed by atoms with Gasteiger partial charge in [-0.3, -0.25) is 9.59 Å². The first-order valence-electron chi connectivity index (χ1n) is 9.95. The minimum absolute atomic E-state index is 0.0230. The summed E-state index contributed by atoms with van der Waals surface area (Å²) >= 11 is 0. The monoisotopic (exact) mass is 407 g/mol. The molecule has 2 aliphatic rings. The summed E-state index contributed by atoms with van der Waals surface area (Å²) in [7, 11) is 1.62. The number of halogens is 1. The first-order valence-corrected chi connectivity index (χ1v) is 9.95. The average Bonchev–Trinajstić information content (AvgIpc) is 3.12. The van der Waals surface area contributed by atoms with Crippen molar-refractivity contribution in [1.29, 1.82) is 0 Å². The molecular weight excluding hydrogens is 385 g/mol. The fraction of sp³-hybridized carbons (Fsp3) is 0.304. The van der Waals surface area contributed by atoms with Gasteiger partial charge >= 0.3 is 0 Å². The lowest BCUT2D eigenvalue weighted by Crippen LogP contribution is -2.66. The van der Waals surface area contributed by atoms with Crippen LogP contribution in [0.4, 0.5) is 4.39 Å². The van der Waals surface area contributed by atoms with E-state index >= 15 is 0 Å². The van der Waals surface area contributed by atoms with Gasteiger partial charge in [-0.1, -0.05) is 12.1 Å². The first-order chi connectivity index (χ1) is 14.4. The quantitative estimate of drug-likeness (QED) is 0.726. The van der Waals surface area contributed by atoms with Crippen molar-refractivity contribution in [3.8, 4) is 5.75 Å². The van der Waals surface area contributed by atoms with Crippen molar-refractivity contribution in [2.75, 3.05) is 20.2 Å². The molecule has 1 N–H and O–H groups in total. The number of piperazine rings is 1. The summed E-state index contributed by atoms with van der Waals surface area (Å²) in [5.41, 5.74) is 2.41. The third kappa shape index (κ3) is 2.61. The lowest BCUT2D eigenvalue weighted by molar-refractivity contribution is -0.166. The van der Waals surface area contributed by atoms with Crippen LogP contribution in [0.2, 0.25) is 0 Å². The standard InChI is InChI=1S/C23H22FN3O3/c1-23-21-17(18-11-16(30-2)7-8-19(18)25-21)9-10-27(23)20(28)13-26(22(23)29)12-14-3-5-15(24)6-4-14/h3-8,11,25H,9-10,12-13H2,1-2H3/t23-/m1/s1. The number of carbonyl (C=O) groups is 2. The van der Waals surface area contributed by atoms with Gasteiger partial charge in [0.15, 0.2) is 5.54 Å². The number of ether oxygens (including phenoxy) is 1. The van der Waals surface area contributed by atoms with E-state index in [1.54, 1.807) is 29.0 Å². The first kappa shape index (κ1) is 18.7. The number of aromatic nitrogens is 1. The molecule has 2 aliphatic heterocycles. The van der Waals surface area contributed by atoms with Crippen LogP contribution in [0.15, 0.2) is 42.5 Å². The molecule has 0 saturated carbocycles. The molecule has 0 bridgehead atoms. The SMILES string of the molecule is COc1ccc2[nH]c3c(c2c1)CCN1C(=O)CN(Cc2ccc(F)cc2)C(=O)[C@@]31C. The number of fused-ring (bicyclic) bond motifs is 5. The predicted octanol–water partition coefficient (Wildman–Crippen LogP) is 2.96. The summed E-state index contributed by atoms with van der Waals surface area (Å²) in [6.45, 7) is 2.59. The zero-order chi connectivity index (χ0) is 21.0. The maximum atomic E-state index is 13.7. The summed E-state index contributed by atoms with van der Waals surface area (Å²) in [6.07, 6.45) is 0.676. The van der Waals surface area contributed by atoms with Crippen LogP contribution in [0.5, 0.6) is 5.75 Å². The number of hydrogen-bond acceptors (Lipinski definition) is 3. The second-order valence-corrected chi connectivity index (χ2v) is 8.05. The number of amides is 2. The maximum absolute atomic E-state index is 13.7. The zero-order valence-corrected chi connectivity index (χ0v) is 16.9. The van der Waals surface area contributed by atoms with Gasteiger partial charge in [0.05, 0.1) is 12.8 Å². The fourth-order valence-electron chi connectivity index (χ4n) is 4.77. The lowest BCUT2D eigenvalue weighted by Gasteiger charge is -2.49. The van der Waals surface area contributed by atoms with Crippen LogP contribution in [-0.4, -0.2) is 46.8 Å². The molecular formula is C23H22FN3O3. The molecule has 30 heavy (non-hydrogen) atoms. The zero-order valence-electron chi connectivity index (χ0n) is 16.9. The Labute approximate surface area is 173 Å². The van der Waals surface area contributed by atoms with Crippen LogP contribution in [0.1, 0.15) is 23.7 Å². The molecule has 0 spiro atoms. The van der Waals surface area contributed by atoms with E-state index in [0.717, 1.165) is 33.5 Å². The molecule has 2 aromatic carbocycles. The molecule has 5 rings (SSSR count). The van der Waals surface area contributed by atoms with Gasteiger partial charge in [-0.15, -0.1) is 0 Å². The average molecular weight is 407 g/mol. The summed E-state index contributed by atoms with van der Waals surface area (Å²) in [4.78, 5) is 33.3. The Kier molecular flexibility index (Phi) is 4.10. The van der Waals surface area contributed by atoms with Crippen molar-refractivity contribution >= 4 is 22.7 Å². The van der Waals surface area contributed by atoms with E-state index in [9.17, 15) is 14.0 Å². The van der Waals surface area contributed by atoms with Crippen LogP contribution >= 0.6 is 0 Å². The highest BCUT2D eigenvalue weighted by atomic mass is 19.1. The van der Waals surface area contributed by atoms with Crippen molar-refractivity contribution in [2.24, 2.45) is 0 Å². The van der Waals surface area contributed by atoms with E-state index in [2.05, 4.69) is 4.98 Å². The van der Waals surface area contributed by atoms with E-state index in [1.165, 1.54) is 12.1 Å². The number of hydrogen-bond donors (Lipinski definition) is 1. The minimum atomic E-state index is -1.10. The smallest absolute Gasteiger partial charge is 0.255 e. The topological polar surface area (TPSA) is 65.6 Å². The molecule has 0 radical (unpaired) electrons. The third-order valence-corrected chi connectivity index (χ3v) is 6.34. The van der Waals surface area contributed by atoms with Gasteiger partial charge in [-0.05, 0) is 54.8 Å². The third-order valence-electron chi connectivity index (χ3n) is 6.34. The summed E-state index contributed by atoms with van der Waals surface area (Å²) in [6, 6.07) is 11.8. The Hall–Kier alpha value is -3.35. The number of nitrogens with zero attached hydrogens (tertiary/aromatic N) is 2. The van der Waals surface area contributed by atoms with Crippen molar-refractivity contribution < 1.29 is 18.7 Å². The van der Waals surface area contributed by atoms with E-state index in [1.807, 2.05) is 25.1 Å². The van der Waals surface area contributed by atoms with Gasteiger partial charge in [0.2, 0.25) is 5.91 Å². The Morgan fingerprint density at radius 2 is 1.93 bits per heavy atom. The maximum Gasteiger partial charge on any atom is 0.255 e. The Morgan fingerprint density at radius 3 is 2.67 bits per heavy atom. The van der Waals surface area contributed by atoms with Gasteiger partial charge in [0.25, 0.3) is 5.91 Å². The van der Waals surface area contributed by atoms with Gasteiger partial charge in [0, 0.05) is 24.0 Å². The number of aromatic amines is 1. The van der Waals surface area contributed by atoms with Gasteiger partial charge in [-0.25, -0.2) is 4.39 Å². The molecule has 1 atom stereocenters. The Bertz CT molecular complexity index is 1170. The van der Waals surface area contributed by atoms with Crippen molar-refractivity contribution in [3.63, 3.8) is 0 Å². The molecule has 0 unspecified atom stereocenters. The van der Waals surface area contributed by atoms with Crippen LogP contribution in [0.25, 0.3) is 10.9 Å². The highest BCUT2D eigenvalue weighted by Gasteiger charge is 2.54. The highest BCUT2D eigenvalue weighted by molar-refractivity contribution is 6.00. The number of rotatable bonds is 3. The lowest BCUT2D eigenvalue weighted by atomic mass is 9.83. The number of carbonyl (C=O) groups excluding carboxylic acids is 2. The van der Waals surface area contributed by atoms with Gasteiger partial charge in [0.1, 0.15) is 18.1 Å². The Balaban J connectivity index is 1.58. The molecule has 1 saturated heterocycles. The molecule has 3 heterocycles. The van der Waals surface area contributed by atoms with Crippen molar-refractivity contribution in [1.82, 2.24) is 14.8 Å². The van der Waals surface area contributed by atoms with E-state index < -0.39 is 5.54 Å². The second-order valence-electron chi connectivity index (χ2n) is 8.05. The molecule has 0 aliphatic carbocycles. The summed E-state index contributed by atoms with van der Waals surface area (Å²) in [5, 5.41) is 1.01. The molecule has 3 aromatic rings. The van der Waals surface area contributed by atoms with Crippen LogP contribution in [-0.2, 0) is 28.1 Å². The van der Waals surface area contributed by atoms with Crippen molar-refractivity contribution in [3.05, 3.63) is 65.1 Å². The summed E-state index contributed by atoms with van der Waals surface area (Å²) in [5.74, 6) is 0.205. The highest BCUT2D eigenvalue weighted by Crippen LogP contribution is 2.42. The molecule has 154 valence electrons.